The number of hydrogen-bond donors (Lipinski definition) is 1. The van der Waals surface area contributed by atoms with E-state index in [0.29, 0.717) is 0 Å². The first-order chi connectivity index (χ1) is 4.72. The van der Waals surface area contributed by atoms with Crippen molar-refractivity contribution in [2.45, 2.75) is 20.1 Å². The van der Waals surface area contributed by atoms with E-state index in [1.807, 2.05) is 26.0 Å². The lowest BCUT2D eigenvalue weighted by molar-refractivity contribution is 0.325. The SMILES string of the molecule is CC(C)C1=CC=CNC1F. The smallest absolute Gasteiger partial charge is 0.192 e. The molecule has 0 aromatic rings. The molecule has 1 aliphatic heterocycles. The molecule has 0 spiro atoms. The summed E-state index contributed by atoms with van der Waals surface area (Å²) in [6.07, 6.45) is 4.29. The lowest BCUT2D eigenvalue weighted by Gasteiger charge is -2.18. The molecule has 0 saturated heterocycles. The molecule has 56 valence electrons. The zero-order valence-electron chi connectivity index (χ0n) is 6.26. The quantitative estimate of drug-likeness (QED) is 0.550. The Kier molecular flexibility index (Phi) is 2.10. The van der Waals surface area contributed by atoms with Crippen molar-refractivity contribution < 1.29 is 4.39 Å². The Balaban J connectivity index is 2.70. The van der Waals surface area contributed by atoms with Gasteiger partial charge in [-0.05, 0) is 23.8 Å². The predicted octanol–water partition coefficient (Wildman–Crippen LogP) is 1.98. The van der Waals surface area contributed by atoms with Gasteiger partial charge in [-0.1, -0.05) is 19.9 Å². The maximum Gasteiger partial charge on any atom is 0.192 e. The first-order valence-electron chi connectivity index (χ1n) is 3.48. The summed E-state index contributed by atoms with van der Waals surface area (Å²) in [6.45, 7) is 3.97. The van der Waals surface area contributed by atoms with Gasteiger partial charge in [-0.3, -0.25) is 0 Å². The van der Waals surface area contributed by atoms with Gasteiger partial charge in [0.15, 0.2) is 6.30 Å². The zero-order valence-corrected chi connectivity index (χ0v) is 6.26. The molecule has 0 saturated carbocycles. The van der Waals surface area contributed by atoms with Gasteiger partial charge in [-0.2, -0.15) is 0 Å². The summed E-state index contributed by atoms with van der Waals surface area (Å²) < 4.78 is 12.9. The number of rotatable bonds is 1. The average molecular weight is 141 g/mol. The number of alkyl halides is 1. The van der Waals surface area contributed by atoms with Gasteiger partial charge in [-0.25, -0.2) is 4.39 Å². The fraction of sp³-hybridized carbons (Fsp3) is 0.500. The van der Waals surface area contributed by atoms with Crippen molar-refractivity contribution in [2.75, 3.05) is 0 Å². The van der Waals surface area contributed by atoms with Crippen LogP contribution in [0.15, 0.2) is 23.9 Å². The Morgan fingerprint density at radius 1 is 1.60 bits per heavy atom. The Labute approximate surface area is 60.6 Å². The van der Waals surface area contributed by atoms with E-state index in [-0.39, 0.29) is 5.92 Å². The minimum Gasteiger partial charge on any atom is -0.359 e. The fourth-order valence-corrected chi connectivity index (χ4v) is 0.965. The molecule has 0 aromatic heterocycles. The Morgan fingerprint density at radius 2 is 2.30 bits per heavy atom. The first kappa shape index (κ1) is 7.32. The molecule has 0 amide bonds. The summed E-state index contributed by atoms with van der Waals surface area (Å²) in [6, 6.07) is 0. The molecule has 1 heterocycles. The molecule has 1 aliphatic rings. The Hall–Kier alpha value is -0.790. The van der Waals surface area contributed by atoms with Gasteiger partial charge < -0.3 is 5.32 Å². The molecule has 1 nitrogen and oxygen atoms in total. The third-order valence-electron chi connectivity index (χ3n) is 1.59. The maximum absolute atomic E-state index is 12.9. The van der Waals surface area contributed by atoms with Crippen LogP contribution in [0.3, 0.4) is 0 Å². The van der Waals surface area contributed by atoms with Crippen molar-refractivity contribution in [3.63, 3.8) is 0 Å². The van der Waals surface area contributed by atoms with Crippen LogP contribution in [0, 0.1) is 5.92 Å². The summed E-state index contributed by atoms with van der Waals surface area (Å²) in [4.78, 5) is 0. The third kappa shape index (κ3) is 1.38. The van der Waals surface area contributed by atoms with Gasteiger partial charge in [0.05, 0.1) is 0 Å². The monoisotopic (exact) mass is 141 g/mol. The van der Waals surface area contributed by atoms with Gasteiger partial charge in [0.2, 0.25) is 0 Å². The van der Waals surface area contributed by atoms with E-state index in [0.717, 1.165) is 5.57 Å². The molecule has 0 fully saturated rings. The van der Waals surface area contributed by atoms with Crippen LogP contribution in [-0.2, 0) is 0 Å². The summed E-state index contributed by atoms with van der Waals surface area (Å²) in [5.41, 5.74) is 0.822. The second kappa shape index (κ2) is 2.86. The van der Waals surface area contributed by atoms with Crippen LogP contribution < -0.4 is 5.32 Å². The summed E-state index contributed by atoms with van der Waals surface area (Å²) in [5.74, 6) is 0.285. The lowest BCUT2D eigenvalue weighted by atomic mass is 10.0. The van der Waals surface area contributed by atoms with Crippen LogP contribution in [0.1, 0.15) is 13.8 Å². The molecule has 0 radical (unpaired) electrons. The highest BCUT2D eigenvalue weighted by Crippen LogP contribution is 2.17. The second-order valence-electron chi connectivity index (χ2n) is 2.71. The van der Waals surface area contributed by atoms with Crippen LogP contribution in [-0.4, -0.2) is 6.30 Å². The van der Waals surface area contributed by atoms with Gasteiger partial charge in [-0.15, -0.1) is 0 Å². The van der Waals surface area contributed by atoms with Crippen molar-refractivity contribution in [1.29, 1.82) is 0 Å². The van der Waals surface area contributed by atoms with E-state index >= 15 is 0 Å². The van der Waals surface area contributed by atoms with E-state index in [4.69, 9.17) is 0 Å². The number of hydrogen-bond acceptors (Lipinski definition) is 1. The summed E-state index contributed by atoms with van der Waals surface area (Å²) >= 11 is 0. The molecular weight excluding hydrogens is 129 g/mol. The average Bonchev–Trinajstić information content (AvgIpc) is 1.88. The standard InChI is InChI=1S/C8H12FN/c1-6(2)7-4-3-5-10-8(7)9/h3-6,8,10H,1-2H3. The van der Waals surface area contributed by atoms with Crippen LogP contribution in [0.5, 0.6) is 0 Å². The van der Waals surface area contributed by atoms with Crippen molar-refractivity contribution in [1.82, 2.24) is 5.32 Å². The highest BCUT2D eigenvalue weighted by molar-refractivity contribution is 5.21. The zero-order chi connectivity index (χ0) is 7.56. The maximum atomic E-state index is 12.9. The largest absolute Gasteiger partial charge is 0.359 e. The van der Waals surface area contributed by atoms with E-state index in [1.54, 1.807) is 6.20 Å². The normalized spacial score (nSPS) is 24.4. The molecule has 0 aliphatic carbocycles. The van der Waals surface area contributed by atoms with E-state index in [2.05, 4.69) is 5.32 Å². The third-order valence-corrected chi connectivity index (χ3v) is 1.59. The first-order valence-corrected chi connectivity index (χ1v) is 3.48. The molecule has 1 N–H and O–H groups in total. The fourth-order valence-electron chi connectivity index (χ4n) is 0.965. The summed E-state index contributed by atoms with van der Waals surface area (Å²) in [5, 5.41) is 2.60. The minimum absolute atomic E-state index is 0.285. The van der Waals surface area contributed by atoms with Gasteiger partial charge in [0.25, 0.3) is 0 Å². The van der Waals surface area contributed by atoms with Crippen molar-refractivity contribution in [3.05, 3.63) is 23.9 Å². The van der Waals surface area contributed by atoms with Gasteiger partial charge in [0.1, 0.15) is 0 Å². The molecule has 10 heavy (non-hydrogen) atoms. The van der Waals surface area contributed by atoms with E-state index in [1.165, 1.54) is 0 Å². The van der Waals surface area contributed by atoms with Crippen LogP contribution in [0.4, 0.5) is 4.39 Å². The predicted molar refractivity (Wildman–Crippen MR) is 40.1 cm³/mol. The van der Waals surface area contributed by atoms with Crippen LogP contribution >= 0.6 is 0 Å². The van der Waals surface area contributed by atoms with E-state index < -0.39 is 6.30 Å². The molecule has 1 atom stereocenters. The Morgan fingerprint density at radius 3 is 2.70 bits per heavy atom. The Bertz CT molecular complexity index is 170. The van der Waals surface area contributed by atoms with Gasteiger partial charge >= 0.3 is 0 Å². The molecule has 1 rings (SSSR count). The molecule has 0 aromatic carbocycles. The molecular formula is C8H12FN. The number of halogens is 1. The number of nitrogens with one attached hydrogen (secondary N) is 1. The molecule has 1 unspecified atom stereocenters. The van der Waals surface area contributed by atoms with Gasteiger partial charge in [0, 0.05) is 0 Å². The summed E-state index contributed by atoms with van der Waals surface area (Å²) in [7, 11) is 0. The highest BCUT2D eigenvalue weighted by Gasteiger charge is 2.15. The minimum atomic E-state index is -0.981. The van der Waals surface area contributed by atoms with E-state index in [9.17, 15) is 4.39 Å². The van der Waals surface area contributed by atoms with Crippen molar-refractivity contribution in [2.24, 2.45) is 5.92 Å². The van der Waals surface area contributed by atoms with Crippen molar-refractivity contribution >= 4 is 0 Å². The lowest BCUT2D eigenvalue weighted by Crippen LogP contribution is -2.25. The van der Waals surface area contributed by atoms with Crippen LogP contribution in [0.2, 0.25) is 0 Å². The van der Waals surface area contributed by atoms with Crippen LogP contribution in [0.25, 0.3) is 0 Å². The topological polar surface area (TPSA) is 12.0 Å². The van der Waals surface area contributed by atoms with Crippen molar-refractivity contribution in [3.8, 4) is 0 Å². The highest BCUT2D eigenvalue weighted by atomic mass is 19.1. The molecule has 2 heteroatoms. The second-order valence-corrected chi connectivity index (χ2v) is 2.71. The molecule has 0 bridgehead atoms. The number of dihydropyridines is 1. The number of allylic oxidation sites excluding steroid dienone is 2.